The van der Waals surface area contributed by atoms with Crippen LogP contribution in [-0.2, 0) is 19.3 Å². The molecule has 0 aliphatic heterocycles. The Labute approximate surface area is 119 Å². The van der Waals surface area contributed by atoms with Crippen LogP contribution in [0.15, 0.2) is 42.5 Å². The topological polar surface area (TPSA) is 20.2 Å². The maximum Gasteiger partial charge on any atom is 0.123 e. The fourth-order valence-corrected chi connectivity index (χ4v) is 3.06. The van der Waals surface area contributed by atoms with Crippen molar-refractivity contribution in [1.82, 2.24) is 0 Å². The molecule has 1 unspecified atom stereocenters. The molecule has 0 aromatic heterocycles. The molecule has 3 rings (SSSR count). The normalized spacial score (nSPS) is 15.1. The largest absolute Gasteiger partial charge is 0.396 e. The minimum absolute atomic E-state index is 0.0371. The van der Waals surface area contributed by atoms with Crippen molar-refractivity contribution < 1.29 is 9.50 Å². The molecule has 1 atom stereocenters. The molecule has 20 heavy (non-hydrogen) atoms. The second kappa shape index (κ2) is 5.76. The Morgan fingerprint density at radius 3 is 2.50 bits per heavy atom. The maximum absolute atomic E-state index is 13.0. The lowest BCUT2D eigenvalue weighted by Crippen LogP contribution is -2.08. The summed E-state index contributed by atoms with van der Waals surface area (Å²) in [4.78, 5) is 0. The van der Waals surface area contributed by atoms with Crippen molar-refractivity contribution in [3.8, 4) is 0 Å². The van der Waals surface area contributed by atoms with Gasteiger partial charge in [0.2, 0.25) is 0 Å². The molecule has 0 spiro atoms. The number of hydrogen-bond donors (Lipinski definition) is 1. The quantitative estimate of drug-likeness (QED) is 0.899. The molecule has 0 radical (unpaired) electrons. The van der Waals surface area contributed by atoms with Crippen molar-refractivity contribution in [1.29, 1.82) is 0 Å². The highest BCUT2D eigenvalue weighted by Gasteiger charge is 2.15. The Morgan fingerprint density at radius 2 is 1.75 bits per heavy atom. The Bertz CT molecular complexity index is 589. The Morgan fingerprint density at radius 1 is 1.00 bits per heavy atom. The summed E-state index contributed by atoms with van der Waals surface area (Å²) in [5, 5.41) is 9.61. The van der Waals surface area contributed by atoms with Gasteiger partial charge in [-0.3, -0.25) is 0 Å². The number of hydrogen-bond acceptors (Lipinski definition) is 1. The molecule has 1 N–H and O–H groups in total. The molecule has 2 aromatic rings. The predicted molar refractivity (Wildman–Crippen MR) is 78.4 cm³/mol. The van der Waals surface area contributed by atoms with Gasteiger partial charge in [-0.1, -0.05) is 30.3 Å². The van der Waals surface area contributed by atoms with Gasteiger partial charge >= 0.3 is 0 Å². The zero-order valence-electron chi connectivity index (χ0n) is 11.5. The smallest absolute Gasteiger partial charge is 0.123 e. The number of aliphatic hydroxyl groups is 1. The number of aryl methyl sites for hydroxylation is 2. The van der Waals surface area contributed by atoms with Gasteiger partial charge < -0.3 is 5.11 Å². The van der Waals surface area contributed by atoms with Crippen molar-refractivity contribution in [2.24, 2.45) is 0 Å². The molecular weight excluding hydrogens is 251 g/mol. The Balaban J connectivity index is 1.79. The van der Waals surface area contributed by atoms with Gasteiger partial charge in [0.15, 0.2) is 0 Å². The van der Waals surface area contributed by atoms with Gasteiger partial charge in [0.25, 0.3) is 0 Å². The van der Waals surface area contributed by atoms with Gasteiger partial charge in [0, 0.05) is 5.92 Å². The summed E-state index contributed by atoms with van der Waals surface area (Å²) >= 11 is 0. The Hall–Kier alpha value is -1.67. The zero-order valence-corrected chi connectivity index (χ0v) is 11.5. The van der Waals surface area contributed by atoms with E-state index in [1.807, 2.05) is 0 Å². The van der Waals surface area contributed by atoms with Gasteiger partial charge in [-0.05, 0) is 60.1 Å². The van der Waals surface area contributed by atoms with Crippen LogP contribution in [0.5, 0.6) is 0 Å². The first-order valence-corrected chi connectivity index (χ1v) is 7.23. The highest BCUT2D eigenvalue weighted by molar-refractivity contribution is 5.36. The molecule has 1 nitrogen and oxygen atoms in total. The van der Waals surface area contributed by atoms with Gasteiger partial charge in [0.05, 0.1) is 6.61 Å². The summed E-state index contributed by atoms with van der Waals surface area (Å²) in [5.74, 6) is -0.196. The van der Waals surface area contributed by atoms with E-state index in [4.69, 9.17) is 0 Å². The lowest BCUT2D eigenvalue weighted by atomic mass is 9.91. The van der Waals surface area contributed by atoms with Crippen LogP contribution in [0, 0.1) is 5.82 Å². The van der Waals surface area contributed by atoms with Crippen LogP contribution in [0.25, 0.3) is 0 Å². The second-order valence-corrected chi connectivity index (χ2v) is 5.59. The van der Waals surface area contributed by atoms with Crippen molar-refractivity contribution in [3.63, 3.8) is 0 Å². The van der Waals surface area contributed by atoms with E-state index in [0.29, 0.717) is 0 Å². The van der Waals surface area contributed by atoms with Gasteiger partial charge in [-0.15, -0.1) is 0 Å². The van der Waals surface area contributed by atoms with E-state index in [2.05, 4.69) is 18.2 Å². The van der Waals surface area contributed by atoms with Crippen LogP contribution in [-0.4, -0.2) is 11.7 Å². The molecule has 0 amide bonds. The van der Waals surface area contributed by atoms with E-state index < -0.39 is 0 Å². The van der Waals surface area contributed by atoms with Crippen LogP contribution >= 0.6 is 0 Å². The van der Waals surface area contributed by atoms with Crippen LogP contribution in [0.3, 0.4) is 0 Å². The summed E-state index contributed by atoms with van der Waals surface area (Å²) in [5.41, 5.74) is 5.18. The van der Waals surface area contributed by atoms with Crippen LogP contribution in [0.1, 0.15) is 34.6 Å². The van der Waals surface area contributed by atoms with E-state index in [1.54, 1.807) is 12.1 Å². The minimum Gasteiger partial charge on any atom is -0.396 e. The average Bonchev–Trinajstić information content (AvgIpc) is 2.93. The summed E-state index contributed by atoms with van der Waals surface area (Å²) < 4.78 is 13.0. The molecule has 0 saturated heterocycles. The summed E-state index contributed by atoms with van der Waals surface area (Å²) in [7, 11) is 0. The third-order valence-corrected chi connectivity index (χ3v) is 4.21. The standard InChI is InChI=1S/C18H19FO/c19-18-8-6-15(7-9-18)17(12-20)11-13-4-5-14-2-1-3-16(14)10-13/h4-10,17,20H,1-3,11-12H2. The monoisotopic (exact) mass is 270 g/mol. The fourth-order valence-electron chi connectivity index (χ4n) is 3.06. The van der Waals surface area contributed by atoms with Gasteiger partial charge in [-0.2, -0.15) is 0 Å². The maximum atomic E-state index is 13.0. The lowest BCUT2D eigenvalue weighted by molar-refractivity contribution is 0.264. The Kier molecular flexibility index (Phi) is 3.83. The SMILES string of the molecule is OCC(Cc1ccc2c(c1)CCC2)c1ccc(F)cc1. The van der Waals surface area contributed by atoms with Crippen LogP contribution in [0.4, 0.5) is 4.39 Å². The van der Waals surface area contributed by atoms with Gasteiger partial charge in [0.1, 0.15) is 5.82 Å². The first-order chi connectivity index (χ1) is 9.76. The molecule has 1 aliphatic carbocycles. The van der Waals surface area contributed by atoms with E-state index >= 15 is 0 Å². The second-order valence-electron chi connectivity index (χ2n) is 5.59. The highest BCUT2D eigenvalue weighted by Crippen LogP contribution is 2.26. The summed E-state index contributed by atoms with van der Waals surface area (Å²) in [6, 6.07) is 13.1. The number of halogens is 1. The van der Waals surface area contributed by atoms with Crippen molar-refractivity contribution in [2.75, 3.05) is 6.61 Å². The zero-order chi connectivity index (χ0) is 13.9. The first kappa shape index (κ1) is 13.3. The highest BCUT2D eigenvalue weighted by atomic mass is 19.1. The van der Waals surface area contributed by atoms with Crippen molar-refractivity contribution in [3.05, 3.63) is 70.5 Å². The molecule has 1 aliphatic rings. The predicted octanol–water partition coefficient (Wildman–Crippen LogP) is 3.63. The van der Waals surface area contributed by atoms with E-state index in [1.165, 1.54) is 48.1 Å². The summed E-state index contributed by atoms with van der Waals surface area (Å²) in [6.45, 7) is 0.0860. The van der Waals surface area contributed by atoms with Gasteiger partial charge in [-0.25, -0.2) is 4.39 Å². The molecule has 0 saturated carbocycles. The molecule has 104 valence electrons. The third-order valence-electron chi connectivity index (χ3n) is 4.21. The van der Waals surface area contributed by atoms with Crippen molar-refractivity contribution >= 4 is 0 Å². The van der Waals surface area contributed by atoms with E-state index in [9.17, 15) is 9.50 Å². The molecule has 0 fully saturated rings. The van der Waals surface area contributed by atoms with Crippen LogP contribution < -0.4 is 0 Å². The number of rotatable bonds is 4. The number of aliphatic hydroxyl groups excluding tert-OH is 1. The lowest BCUT2D eigenvalue weighted by Gasteiger charge is -2.15. The van der Waals surface area contributed by atoms with Crippen LogP contribution in [0.2, 0.25) is 0 Å². The first-order valence-electron chi connectivity index (χ1n) is 7.23. The molecule has 2 aromatic carbocycles. The summed E-state index contributed by atoms with van der Waals surface area (Å²) in [6.07, 6.45) is 4.41. The van der Waals surface area contributed by atoms with Crippen molar-refractivity contribution in [2.45, 2.75) is 31.6 Å². The third kappa shape index (κ3) is 2.75. The van der Waals surface area contributed by atoms with E-state index in [0.717, 1.165) is 12.0 Å². The molecule has 0 heterocycles. The number of fused-ring (bicyclic) bond motifs is 1. The molecule has 2 heteroatoms. The number of benzene rings is 2. The molecular formula is C18H19FO. The molecule has 0 bridgehead atoms. The van der Waals surface area contributed by atoms with E-state index in [-0.39, 0.29) is 18.3 Å². The average molecular weight is 270 g/mol. The fraction of sp³-hybridized carbons (Fsp3) is 0.333. The minimum atomic E-state index is -0.233.